The van der Waals surface area contributed by atoms with Crippen LogP contribution in [0.1, 0.15) is 31.9 Å². The lowest BCUT2D eigenvalue weighted by molar-refractivity contribution is 0.266. The van der Waals surface area contributed by atoms with Crippen LogP contribution in [0.15, 0.2) is 126 Å². The fourth-order valence-corrected chi connectivity index (χ4v) is 9.68. The van der Waals surface area contributed by atoms with E-state index in [-0.39, 0.29) is 5.54 Å². The van der Waals surface area contributed by atoms with Crippen LogP contribution in [-0.2, 0) is 21.3 Å². The molecular weight excluding hydrogens is 487 g/mol. The lowest BCUT2D eigenvalue weighted by Gasteiger charge is -2.26. The smallest absolute Gasteiger partial charge is 0.209 e. The summed E-state index contributed by atoms with van der Waals surface area (Å²) in [5.41, 5.74) is 0.561. The molecule has 0 radical (unpaired) electrons. The van der Waals surface area contributed by atoms with Crippen LogP contribution in [0, 0.1) is 0 Å². The fraction of sp³-hybridized carbons (Fsp3) is 0.242. The van der Waals surface area contributed by atoms with Crippen LogP contribution in [0.5, 0.6) is 0 Å². The molecule has 0 amide bonds. The summed E-state index contributed by atoms with van der Waals surface area (Å²) in [5, 5.41) is 1.61. The van der Waals surface area contributed by atoms with Gasteiger partial charge in [0.1, 0.15) is 12.1 Å². The van der Waals surface area contributed by atoms with Gasteiger partial charge in [-0.2, -0.15) is 0 Å². The fourth-order valence-electron chi connectivity index (χ4n) is 6.13. The molecule has 0 spiro atoms. The summed E-state index contributed by atoms with van der Waals surface area (Å²) < 4.78 is 24.5. The van der Waals surface area contributed by atoms with E-state index in [0.29, 0.717) is 18.9 Å². The number of nitrogens with zero attached hydrogens (tertiary/aromatic N) is 2. The normalized spacial score (nSPS) is 25.9. The molecular formula is C33H33N2O2P. The van der Waals surface area contributed by atoms with Gasteiger partial charge in [-0.1, -0.05) is 97.1 Å². The first kappa shape index (κ1) is 24.9. The van der Waals surface area contributed by atoms with Gasteiger partial charge in [-0.15, -0.1) is 0 Å². The van der Waals surface area contributed by atoms with Crippen molar-refractivity contribution in [3.05, 3.63) is 132 Å². The summed E-state index contributed by atoms with van der Waals surface area (Å²) in [6.45, 7) is 6.85. The van der Waals surface area contributed by atoms with Crippen molar-refractivity contribution in [3.63, 3.8) is 0 Å². The van der Waals surface area contributed by atoms with E-state index in [1.165, 1.54) is 5.56 Å². The molecule has 2 heterocycles. The minimum absolute atomic E-state index is 0.342. The molecule has 1 fully saturated rings. The first-order valence-corrected chi connectivity index (χ1v) is 14.8. The maximum Gasteiger partial charge on any atom is 0.209 e. The Hall–Kier alpha value is -3.46. The quantitative estimate of drug-likeness (QED) is 0.211. The van der Waals surface area contributed by atoms with E-state index in [1.807, 2.05) is 72.8 Å². The van der Waals surface area contributed by atoms with Crippen molar-refractivity contribution in [2.75, 3.05) is 6.61 Å². The predicted octanol–water partition coefficient (Wildman–Crippen LogP) is 6.34. The van der Waals surface area contributed by atoms with Crippen LogP contribution in [0.3, 0.4) is 0 Å². The van der Waals surface area contributed by atoms with Crippen LogP contribution in [0.25, 0.3) is 0 Å². The highest BCUT2D eigenvalue weighted by atomic mass is 31.2. The molecule has 192 valence electrons. The monoisotopic (exact) mass is 520 g/mol. The lowest BCUT2D eigenvalue weighted by atomic mass is 9.82. The Morgan fingerprint density at radius 1 is 0.737 bits per heavy atom. The number of hydrogen-bond donors (Lipinski definition) is 0. The molecule has 2 aliphatic rings. The molecule has 4 aromatic carbocycles. The minimum Gasteiger partial charge on any atom is -0.477 e. The van der Waals surface area contributed by atoms with E-state index in [9.17, 15) is 0 Å². The number of rotatable bonds is 7. The van der Waals surface area contributed by atoms with Crippen molar-refractivity contribution in [1.29, 1.82) is 0 Å². The third-order valence-corrected chi connectivity index (χ3v) is 11.3. The van der Waals surface area contributed by atoms with Gasteiger partial charge in [0.25, 0.3) is 0 Å². The zero-order chi connectivity index (χ0) is 26.4. The largest absolute Gasteiger partial charge is 0.477 e. The van der Waals surface area contributed by atoms with E-state index in [4.69, 9.17) is 9.73 Å². The molecule has 3 atom stereocenters. The standard InChI is InChI=1S/C33H33N2O2P/c1-31(2)25-37-30(34-31)32(3)33(27-18-10-5-11-19-27,24-26-16-8-4-9-17-26)35(32)38(36,28-20-12-6-13-21-28)29-22-14-7-15-23-29/h4-23H,24-25H2,1-3H3/t32-,33+,35?/m1/s1. The van der Waals surface area contributed by atoms with E-state index < -0.39 is 18.4 Å². The zero-order valence-corrected chi connectivity index (χ0v) is 23.0. The van der Waals surface area contributed by atoms with Crippen LogP contribution < -0.4 is 10.6 Å². The first-order chi connectivity index (χ1) is 18.3. The van der Waals surface area contributed by atoms with Gasteiger partial charge in [0.05, 0.1) is 11.1 Å². The van der Waals surface area contributed by atoms with Gasteiger partial charge in [-0.05, 0) is 62.6 Å². The average Bonchev–Trinajstić information content (AvgIpc) is 3.30. The minimum atomic E-state index is -3.35. The SMILES string of the molecule is CC1(C)COC([C@@]2(C)N(P(=O)(c3ccccc3)c3ccccc3)[C@@]2(Cc2ccccc2)c2ccccc2)=N1. The zero-order valence-electron chi connectivity index (χ0n) is 22.1. The summed E-state index contributed by atoms with van der Waals surface area (Å²) in [5.74, 6) is 0.661. The maximum absolute atomic E-state index is 15.9. The van der Waals surface area contributed by atoms with Gasteiger partial charge >= 0.3 is 0 Å². The van der Waals surface area contributed by atoms with Crippen molar-refractivity contribution >= 4 is 23.8 Å². The predicted molar refractivity (Wildman–Crippen MR) is 156 cm³/mol. The molecule has 0 aliphatic carbocycles. The number of hydrogen-bond acceptors (Lipinski definition) is 3. The summed E-state index contributed by atoms with van der Waals surface area (Å²) in [6.07, 6.45) is 0.667. The number of aliphatic imine (C=N–C) groups is 1. The van der Waals surface area contributed by atoms with Crippen molar-refractivity contribution in [2.45, 2.75) is 43.8 Å². The molecule has 1 unspecified atom stereocenters. The molecule has 5 heteroatoms. The van der Waals surface area contributed by atoms with E-state index in [0.717, 1.165) is 16.2 Å². The summed E-state index contributed by atoms with van der Waals surface area (Å²) >= 11 is 0. The molecule has 4 nitrogen and oxygen atoms in total. The molecule has 6 rings (SSSR count). The highest BCUT2D eigenvalue weighted by molar-refractivity contribution is 7.77. The summed E-state index contributed by atoms with van der Waals surface area (Å²) in [7, 11) is -3.35. The molecule has 0 saturated carbocycles. The van der Waals surface area contributed by atoms with Gasteiger partial charge < -0.3 is 4.74 Å². The maximum atomic E-state index is 15.9. The Morgan fingerprint density at radius 2 is 1.21 bits per heavy atom. The van der Waals surface area contributed by atoms with E-state index >= 15 is 4.57 Å². The van der Waals surface area contributed by atoms with Crippen LogP contribution >= 0.6 is 7.29 Å². The Labute approximate surface area is 225 Å². The first-order valence-electron chi connectivity index (χ1n) is 13.2. The van der Waals surface area contributed by atoms with E-state index in [1.54, 1.807) is 0 Å². The second kappa shape index (κ2) is 9.08. The van der Waals surface area contributed by atoms with Crippen molar-refractivity contribution in [2.24, 2.45) is 4.99 Å². The van der Waals surface area contributed by atoms with Gasteiger partial charge in [-0.25, -0.2) is 9.66 Å². The van der Waals surface area contributed by atoms with Gasteiger partial charge in [0, 0.05) is 10.6 Å². The van der Waals surface area contributed by atoms with Crippen LogP contribution in [0.4, 0.5) is 0 Å². The summed E-state index contributed by atoms with van der Waals surface area (Å²) in [4.78, 5) is 5.10. The third kappa shape index (κ3) is 3.70. The molecule has 4 aromatic rings. The molecule has 1 saturated heterocycles. The van der Waals surface area contributed by atoms with Crippen molar-refractivity contribution in [1.82, 2.24) is 4.67 Å². The van der Waals surface area contributed by atoms with Crippen LogP contribution in [-0.4, -0.2) is 28.3 Å². The second-order valence-electron chi connectivity index (χ2n) is 11.0. The van der Waals surface area contributed by atoms with Crippen molar-refractivity contribution in [3.8, 4) is 0 Å². The average molecular weight is 521 g/mol. The third-order valence-electron chi connectivity index (χ3n) is 7.97. The molecule has 0 N–H and O–H groups in total. The highest BCUT2D eigenvalue weighted by Gasteiger charge is 2.81. The highest BCUT2D eigenvalue weighted by Crippen LogP contribution is 2.75. The molecule has 0 aromatic heterocycles. The van der Waals surface area contributed by atoms with Crippen LogP contribution in [0.2, 0.25) is 0 Å². The Kier molecular flexibility index (Phi) is 5.94. The van der Waals surface area contributed by atoms with Gasteiger partial charge in [-0.3, -0.25) is 4.57 Å². The van der Waals surface area contributed by atoms with Gasteiger partial charge in [0.15, 0.2) is 0 Å². The van der Waals surface area contributed by atoms with E-state index in [2.05, 4.69) is 74.0 Å². The Balaban J connectivity index is 1.67. The lowest BCUT2D eigenvalue weighted by Crippen LogP contribution is -2.32. The Morgan fingerprint density at radius 3 is 1.68 bits per heavy atom. The van der Waals surface area contributed by atoms with Gasteiger partial charge in [0.2, 0.25) is 13.2 Å². The second-order valence-corrected chi connectivity index (χ2v) is 13.6. The summed E-state index contributed by atoms with van der Waals surface area (Å²) in [6, 6.07) is 40.8. The molecule has 2 aliphatic heterocycles. The topological polar surface area (TPSA) is 41.7 Å². The molecule has 38 heavy (non-hydrogen) atoms. The number of ether oxygens (including phenoxy) is 1. The Bertz CT molecular complexity index is 1460. The number of benzene rings is 4. The van der Waals surface area contributed by atoms with Crippen molar-refractivity contribution < 1.29 is 9.30 Å². The molecule has 0 bridgehead atoms.